The van der Waals surface area contributed by atoms with E-state index in [-0.39, 0.29) is 29.4 Å². The maximum atomic E-state index is 12.9. The molecule has 1 amide bonds. The van der Waals surface area contributed by atoms with Crippen molar-refractivity contribution in [3.8, 4) is 11.5 Å². The third-order valence-corrected chi connectivity index (χ3v) is 5.76. The van der Waals surface area contributed by atoms with Gasteiger partial charge in [0.2, 0.25) is 0 Å². The lowest BCUT2D eigenvalue weighted by Gasteiger charge is -2.20. The largest absolute Gasteiger partial charge is 0.493 e. The molecule has 1 aromatic rings. The third-order valence-electron chi connectivity index (χ3n) is 5.76. The molecule has 1 N–H and O–H groups in total. The maximum absolute atomic E-state index is 12.9. The summed E-state index contributed by atoms with van der Waals surface area (Å²) in [6, 6.07) is 3.67. The van der Waals surface area contributed by atoms with E-state index in [1.54, 1.807) is 12.0 Å². The molecule has 2 unspecified atom stereocenters. The fraction of sp³-hybridized carbons (Fsp3) is 0.611. The number of aliphatic hydroxyl groups excluding tert-OH is 1. The topological polar surface area (TPSA) is 59.0 Å². The van der Waals surface area contributed by atoms with Gasteiger partial charge >= 0.3 is 0 Å². The average molecular weight is 317 g/mol. The predicted octanol–water partition coefficient (Wildman–Crippen LogP) is 1.96. The van der Waals surface area contributed by atoms with E-state index in [4.69, 9.17) is 9.47 Å². The Labute approximate surface area is 136 Å². The Balaban J connectivity index is 1.82. The monoisotopic (exact) mass is 317 g/mol. The Morgan fingerprint density at radius 2 is 2.30 bits per heavy atom. The number of hydrogen-bond donors (Lipinski definition) is 1. The molecule has 2 saturated carbocycles. The second kappa shape index (κ2) is 4.87. The quantitative estimate of drug-likeness (QED) is 0.922. The van der Waals surface area contributed by atoms with Gasteiger partial charge in [-0.3, -0.25) is 4.79 Å². The number of rotatable bonds is 4. The fourth-order valence-corrected chi connectivity index (χ4v) is 4.62. The van der Waals surface area contributed by atoms with Crippen LogP contribution in [0.25, 0.3) is 0 Å². The van der Waals surface area contributed by atoms with Gasteiger partial charge in [0, 0.05) is 36.6 Å². The van der Waals surface area contributed by atoms with E-state index in [1.807, 2.05) is 19.2 Å². The summed E-state index contributed by atoms with van der Waals surface area (Å²) in [6.45, 7) is 2.79. The van der Waals surface area contributed by atoms with Gasteiger partial charge in [-0.15, -0.1) is 0 Å². The van der Waals surface area contributed by atoms with E-state index in [2.05, 4.69) is 6.92 Å². The number of benzene rings is 1. The molecule has 1 heterocycles. The summed E-state index contributed by atoms with van der Waals surface area (Å²) in [6.07, 6.45) is 2.11. The minimum atomic E-state index is -0.323. The van der Waals surface area contributed by atoms with Gasteiger partial charge in [-0.1, -0.05) is 6.92 Å². The average Bonchev–Trinajstić information content (AvgIpc) is 3.12. The van der Waals surface area contributed by atoms with Crippen LogP contribution in [0, 0.1) is 5.92 Å². The Kier molecular flexibility index (Phi) is 3.14. The van der Waals surface area contributed by atoms with E-state index in [0.29, 0.717) is 23.5 Å². The van der Waals surface area contributed by atoms with Gasteiger partial charge in [0.25, 0.3) is 5.91 Å². The summed E-state index contributed by atoms with van der Waals surface area (Å²) in [5.41, 5.74) is 1.49. The number of ether oxygens (including phenoxy) is 2. The van der Waals surface area contributed by atoms with Crippen molar-refractivity contribution in [1.29, 1.82) is 0 Å². The van der Waals surface area contributed by atoms with Crippen LogP contribution in [0.3, 0.4) is 0 Å². The third kappa shape index (κ3) is 1.80. The second-order valence-corrected chi connectivity index (χ2v) is 7.01. The van der Waals surface area contributed by atoms with E-state index in [0.717, 1.165) is 24.9 Å². The zero-order valence-electron chi connectivity index (χ0n) is 13.8. The van der Waals surface area contributed by atoms with Crippen molar-refractivity contribution in [3.05, 3.63) is 23.3 Å². The molecule has 5 nitrogen and oxygen atoms in total. The molecule has 4 atom stereocenters. The lowest BCUT2D eigenvalue weighted by Crippen LogP contribution is -2.30. The molecule has 0 bridgehead atoms. The van der Waals surface area contributed by atoms with Gasteiger partial charge in [0.05, 0.1) is 13.2 Å². The predicted molar refractivity (Wildman–Crippen MR) is 85.1 cm³/mol. The van der Waals surface area contributed by atoms with Crippen LogP contribution in [0.15, 0.2) is 12.1 Å². The molecule has 23 heavy (non-hydrogen) atoms. The number of amides is 1. The Bertz CT molecular complexity index is 673. The minimum absolute atomic E-state index is 0.0245. The highest BCUT2D eigenvalue weighted by Crippen LogP contribution is 2.71. The van der Waals surface area contributed by atoms with Crippen LogP contribution in [0.2, 0.25) is 0 Å². The summed E-state index contributed by atoms with van der Waals surface area (Å²) in [5.74, 6) is 1.63. The highest BCUT2D eigenvalue weighted by Gasteiger charge is 2.73. The van der Waals surface area contributed by atoms with Crippen LogP contribution in [0.4, 0.5) is 0 Å². The maximum Gasteiger partial charge on any atom is 0.254 e. The van der Waals surface area contributed by atoms with Crippen LogP contribution < -0.4 is 9.47 Å². The summed E-state index contributed by atoms with van der Waals surface area (Å²) < 4.78 is 11.6. The van der Waals surface area contributed by atoms with Crippen LogP contribution in [0.1, 0.15) is 42.1 Å². The molecule has 1 spiro atoms. The molecule has 3 aliphatic rings. The van der Waals surface area contributed by atoms with Gasteiger partial charge in [0.1, 0.15) is 6.10 Å². The van der Waals surface area contributed by atoms with Gasteiger partial charge in [0.15, 0.2) is 11.5 Å². The number of carbonyl (C=O) groups is 1. The summed E-state index contributed by atoms with van der Waals surface area (Å²) in [7, 11) is 3.45. The van der Waals surface area contributed by atoms with Crippen molar-refractivity contribution in [2.75, 3.05) is 20.7 Å². The first-order chi connectivity index (χ1) is 11.0. The number of hydrogen-bond acceptors (Lipinski definition) is 4. The van der Waals surface area contributed by atoms with Crippen molar-refractivity contribution in [2.24, 2.45) is 5.92 Å². The van der Waals surface area contributed by atoms with Crippen molar-refractivity contribution in [2.45, 2.75) is 43.8 Å². The van der Waals surface area contributed by atoms with E-state index < -0.39 is 0 Å². The van der Waals surface area contributed by atoms with Crippen molar-refractivity contribution < 1.29 is 19.4 Å². The number of carbonyl (C=O) groups excluding carboxylic acids is 1. The number of aliphatic hydroxyl groups is 1. The van der Waals surface area contributed by atoms with Gasteiger partial charge in [-0.25, -0.2) is 0 Å². The second-order valence-electron chi connectivity index (χ2n) is 7.01. The first kappa shape index (κ1) is 14.8. The standard InChI is InChI=1S/C18H23NO4/c1-4-7-19(2)17(21)10-5-6-13(22-3)16-15(10)18-9-11(18)12(20)8-14(18)23-16/h5-6,11-12,14,20H,4,7-9H2,1-3H3/t11?,12-,14+,18?/m1/s1. The van der Waals surface area contributed by atoms with Crippen LogP contribution in [0.5, 0.6) is 11.5 Å². The Morgan fingerprint density at radius 3 is 2.96 bits per heavy atom. The number of methoxy groups -OCH3 is 1. The van der Waals surface area contributed by atoms with Gasteiger partial charge in [-0.05, 0) is 30.9 Å². The molecule has 1 aromatic carbocycles. The lowest BCUT2D eigenvalue weighted by atomic mass is 9.88. The molecule has 4 rings (SSSR count). The number of nitrogens with zero attached hydrogens (tertiary/aromatic N) is 1. The van der Waals surface area contributed by atoms with Crippen molar-refractivity contribution in [1.82, 2.24) is 4.90 Å². The van der Waals surface area contributed by atoms with Crippen LogP contribution in [-0.4, -0.2) is 48.8 Å². The van der Waals surface area contributed by atoms with Crippen molar-refractivity contribution >= 4 is 5.91 Å². The first-order valence-electron chi connectivity index (χ1n) is 8.36. The fourth-order valence-electron chi connectivity index (χ4n) is 4.62. The van der Waals surface area contributed by atoms with E-state index >= 15 is 0 Å². The van der Waals surface area contributed by atoms with Gasteiger partial charge in [-0.2, -0.15) is 0 Å². The molecule has 0 radical (unpaired) electrons. The summed E-state index contributed by atoms with van der Waals surface area (Å²) >= 11 is 0. The van der Waals surface area contributed by atoms with E-state index in [9.17, 15) is 9.90 Å². The lowest BCUT2D eigenvalue weighted by molar-refractivity contribution is 0.0793. The first-order valence-corrected chi connectivity index (χ1v) is 8.36. The molecular weight excluding hydrogens is 294 g/mol. The highest BCUT2D eigenvalue weighted by atomic mass is 16.5. The normalized spacial score (nSPS) is 32.6. The summed E-state index contributed by atoms with van der Waals surface area (Å²) in [4.78, 5) is 14.7. The highest BCUT2D eigenvalue weighted by molar-refractivity contribution is 5.98. The zero-order valence-corrected chi connectivity index (χ0v) is 13.8. The van der Waals surface area contributed by atoms with Crippen LogP contribution >= 0.6 is 0 Å². The molecule has 0 saturated heterocycles. The van der Waals surface area contributed by atoms with Crippen molar-refractivity contribution in [3.63, 3.8) is 0 Å². The van der Waals surface area contributed by atoms with E-state index in [1.165, 1.54) is 0 Å². The molecule has 0 aromatic heterocycles. The molecule has 1 aliphatic heterocycles. The van der Waals surface area contributed by atoms with Gasteiger partial charge < -0.3 is 19.5 Å². The summed E-state index contributed by atoms with van der Waals surface area (Å²) in [5, 5.41) is 10.2. The number of fused-ring (bicyclic) bond motifs is 1. The Morgan fingerprint density at radius 1 is 1.52 bits per heavy atom. The molecule has 2 aliphatic carbocycles. The van der Waals surface area contributed by atoms with Crippen LogP contribution in [-0.2, 0) is 5.41 Å². The molecule has 2 fully saturated rings. The molecule has 124 valence electrons. The smallest absolute Gasteiger partial charge is 0.254 e. The minimum Gasteiger partial charge on any atom is -0.493 e. The Hall–Kier alpha value is -1.75. The SMILES string of the molecule is CCCN(C)C(=O)c1ccc(OC)c2c1C13CC1[C@H](O)C[C@@H]3O2. The molecular formula is C18H23NO4. The zero-order chi connectivity index (χ0) is 16.4. The molecule has 5 heteroatoms.